The fourth-order valence-corrected chi connectivity index (χ4v) is 4.14. The second-order valence-electron chi connectivity index (χ2n) is 9.93. The molecule has 0 amide bonds. The molecule has 0 heterocycles. The second-order valence-corrected chi connectivity index (χ2v) is 9.93. The minimum atomic E-state index is -0.725. The summed E-state index contributed by atoms with van der Waals surface area (Å²) in [6, 6.07) is 0. The van der Waals surface area contributed by atoms with Crippen LogP contribution in [0.25, 0.3) is 0 Å². The summed E-state index contributed by atoms with van der Waals surface area (Å²) in [6.45, 7) is 4.45. The van der Waals surface area contributed by atoms with Gasteiger partial charge in [0.15, 0.2) is 0 Å². The van der Waals surface area contributed by atoms with Crippen LogP contribution in [0.4, 0.5) is 0 Å². The molecule has 1 atom stereocenters. The van der Waals surface area contributed by atoms with Gasteiger partial charge in [0.2, 0.25) is 0 Å². The Balaban J connectivity index is 3.97. The number of esters is 1. The fraction of sp³-hybridized carbons (Fsp3) is 0.806. The highest BCUT2D eigenvalue weighted by molar-refractivity contribution is 5.69. The molecule has 0 bridgehead atoms. The lowest BCUT2D eigenvalue weighted by atomic mass is 10.1. The van der Waals surface area contributed by atoms with Crippen LogP contribution in [0.2, 0.25) is 0 Å². The molecular formula is C31H56O4. The molecule has 0 saturated heterocycles. The van der Waals surface area contributed by atoms with Gasteiger partial charge in [-0.15, -0.1) is 0 Å². The maximum Gasteiger partial charge on any atom is 0.306 e. The van der Waals surface area contributed by atoms with Crippen LogP contribution in [-0.4, -0.2) is 23.1 Å². The highest BCUT2D eigenvalue weighted by Crippen LogP contribution is 2.14. The van der Waals surface area contributed by atoms with Crippen molar-refractivity contribution in [1.29, 1.82) is 0 Å². The molecule has 0 aliphatic carbocycles. The van der Waals surface area contributed by atoms with Crippen LogP contribution in [0.1, 0.15) is 155 Å². The fourth-order valence-electron chi connectivity index (χ4n) is 4.14. The monoisotopic (exact) mass is 492 g/mol. The largest absolute Gasteiger partial charge is 0.481 e. The minimum Gasteiger partial charge on any atom is -0.481 e. The number of hydrogen-bond donors (Lipinski definition) is 1. The first-order valence-corrected chi connectivity index (χ1v) is 14.8. The molecule has 4 nitrogen and oxygen atoms in total. The summed E-state index contributed by atoms with van der Waals surface area (Å²) >= 11 is 0. The molecule has 0 fully saturated rings. The van der Waals surface area contributed by atoms with Gasteiger partial charge in [0.1, 0.15) is 6.10 Å². The molecule has 0 aromatic heterocycles. The first-order chi connectivity index (χ1) is 17.1. The molecule has 0 rings (SSSR count). The van der Waals surface area contributed by atoms with Gasteiger partial charge in [-0.25, -0.2) is 0 Å². The summed E-state index contributed by atoms with van der Waals surface area (Å²) in [6.07, 6.45) is 32.0. The number of ether oxygens (including phenoxy) is 1. The average molecular weight is 493 g/mol. The summed E-state index contributed by atoms with van der Waals surface area (Å²) in [7, 11) is 0. The van der Waals surface area contributed by atoms with Crippen molar-refractivity contribution in [3.05, 3.63) is 24.3 Å². The van der Waals surface area contributed by atoms with E-state index in [0.29, 0.717) is 6.42 Å². The predicted octanol–water partition coefficient (Wildman–Crippen LogP) is 9.72. The van der Waals surface area contributed by atoms with Crippen molar-refractivity contribution >= 4 is 11.9 Å². The Morgan fingerprint density at radius 1 is 0.629 bits per heavy atom. The zero-order valence-corrected chi connectivity index (χ0v) is 23.1. The molecular weight excluding hydrogens is 436 g/mol. The van der Waals surface area contributed by atoms with E-state index in [2.05, 4.69) is 38.2 Å². The SMILES string of the molecule is CCCCC/C=C\C(CCCCCCC(=O)O)OC(=O)CCCCCCC/C=C\CCCCCC. The Bertz CT molecular complexity index is 538. The Morgan fingerprint density at radius 2 is 1.11 bits per heavy atom. The van der Waals surface area contributed by atoms with E-state index in [1.165, 1.54) is 77.0 Å². The second kappa shape index (κ2) is 27.0. The molecule has 1 unspecified atom stereocenters. The normalized spacial score (nSPS) is 12.5. The Labute approximate surface area is 217 Å². The number of hydrogen-bond acceptors (Lipinski definition) is 3. The molecule has 0 aliphatic rings. The van der Waals surface area contributed by atoms with E-state index in [-0.39, 0.29) is 18.5 Å². The zero-order valence-electron chi connectivity index (χ0n) is 23.1. The zero-order chi connectivity index (χ0) is 25.8. The van der Waals surface area contributed by atoms with Crippen LogP contribution in [-0.2, 0) is 14.3 Å². The van der Waals surface area contributed by atoms with E-state index >= 15 is 0 Å². The van der Waals surface area contributed by atoms with E-state index in [1.54, 1.807) is 0 Å². The number of rotatable bonds is 26. The average Bonchev–Trinajstić information content (AvgIpc) is 2.83. The molecule has 0 radical (unpaired) electrons. The molecule has 1 N–H and O–H groups in total. The van der Waals surface area contributed by atoms with Gasteiger partial charge in [-0.3, -0.25) is 9.59 Å². The van der Waals surface area contributed by atoms with Crippen LogP contribution in [0, 0.1) is 0 Å². The Kier molecular flexibility index (Phi) is 25.8. The van der Waals surface area contributed by atoms with E-state index in [9.17, 15) is 9.59 Å². The third-order valence-corrected chi connectivity index (χ3v) is 6.38. The van der Waals surface area contributed by atoms with Gasteiger partial charge < -0.3 is 9.84 Å². The summed E-state index contributed by atoms with van der Waals surface area (Å²) in [5.41, 5.74) is 0. The predicted molar refractivity (Wildman–Crippen MR) is 149 cm³/mol. The van der Waals surface area contributed by atoms with Crippen LogP contribution in [0.15, 0.2) is 24.3 Å². The maximum atomic E-state index is 12.4. The molecule has 204 valence electrons. The topological polar surface area (TPSA) is 63.6 Å². The smallest absolute Gasteiger partial charge is 0.306 e. The van der Waals surface area contributed by atoms with Crippen molar-refractivity contribution in [2.24, 2.45) is 0 Å². The van der Waals surface area contributed by atoms with E-state index in [1.807, 2.05) is 0 Å². The van der Waals surface area contributed by atoms with Crippen molar-refractivity contribution in [2.45, 2.75) is 161 Å². The van der Waals surface area contributed by atoms with E-state index in [4.69, 9.17) is 9.84 Å². The molecule has 0 aliphatic heterocycles. The van der Waals surface area contributed by atoms with Crippen molar-refractivity contribution in [3.8, 4) is 0 Å². The van der Waals surface area contributed by atoms with Crippen molar-refractivity contribution in [2.75, 3.05) is 0 Å². The molecule has 35 heavy (non-hydrogen) atoms. The minimum absolute atomic E-state index is 0.0786. The number of unbranched alkanes of at least 4 members (excludes halogenated alkanes) is 15. The lowest BCUT2D eigenvalue weighted by Gasteiger charge is -2.15. The number of allylic oxidation sites excluding steroid dienone is 3. The van der Waals surface area contributed by atoms with Crippen LogP contribution >= 0.6 is 0 Å². The molecule has 0 aromatic rings. The highest BCUT2D eigenvalue weighted by Gasteiger charge is 2.11. The Morgan fingerprint density at radius 3 is 1.77 bits per heavy atom. The van der Waals surface area contributed by atoms with E-state index < -0.39 is 5.97 Å². The quantitative estimate of drug-likeness (QED) is 0.0741. The third kappa shape index (κ3) is 26.9. The third-order valence-electron chi connectivity index (χ3n) is 6.38. The molecule has 0 saturated carbocycles. The van der Waals surface area contributed by atoms with Crippen molar-refractivity contribution in [3.63, 3.8) is 0 Å². The lowest BCUT2D eigenvalue weighted by molar-refractivity contribution is -0.147. The van der Waals surface area contributed by atoms with Gasteiger partial charge in [0.05, 0.1) is 0 Å². The standard InChI is InChI=1S/C31H56O4/c1-3-5-7-9-10-11-12-13-14-15-16-18-24-28-31(34)35-29(25-21-17-8-6-4-2)26-22-19-20-23-27-30(32)33/h11-12,21,25,29H,3-10,13-20,22-24,26-28H2,1-2H3,(H,32,33)/b12-11-,25-21-. The van der Waals surface area contributed by atoms with Gasteiger partial charge >= 0.3 is 11.9 Å². The van der Waals surface area contributed by atoms with Crippen LogP contribution < -0.4 is 0 Å². The number of carboxylic acids is 1. The van der Waals surface area contributed by atoms with Gasteiger partial charge in [-0.2, -0.15) is 0 Å². The number of carbonyl (C=O) groups is 2. The van der Waals surface area contributed by atoms with Crippen LogP contribution in [0.3, 0.4) is 0 Å². The summed E-state index contributed by atoms with van der Waals surface area (Å²) in [5.74, 6) is -0.804. The van der Waals surface area contributed by atoms with Crippen molar-refractivity contribution in [1.82, 2.24) is 0 Å². The highest BCUT2D eigenvalue weighted by atomic mass is 16.5. The Hall–Kier alpha value is -1.58. The van der Waals surface area contributed by atoms with Crippen LogP contribution in [0.5, 0.6) is 0 Å². The van der Waals surface area contributed by atoms with Crippen molar-refractivity contribution < 1.29 is 19.4 Å². The number of aliphatic carboxylic acids is 1. The maximum absolute atomic E-state index is 12.4. The lowest BCUT2D eigenvalue weighted by Crippen LogP contribution is -2.16. The van der Waals surface area contributed by atoms with Gasteiger partial charge in [0, 0.05) is 12.8 Å². The summed E-state index contributed by atoms with van der Waals surface area (Å²) in [5, 5.41) is 8.74. The molecule has 0 aromatic carbocycles. The number of carbonyl (C=O) groups excluding carboxylic acids is 1. The van der Waals surface area contributed by atoms with Gasteiger partial charge in [-0.1, -0.05) is 96.3 Å². The number of carboxylic acid groups (broad SMARTS) is 1. The van der Waals surface area contributed by atoms with Gasteiger partial charge in [0.25, 0.3) is 0 Å². The first kappa shape index (κ1) is 33.4. The summed E-state index contributed by atoms with van der Waals surface area (Å²) in [4.78, 5) is 23.0. The van der Waals surface area contributed by atoms with E-state index in [0.717, 1.165) is 51.4 Å². The molecule has 4 heteroatoms. The summed E-state index contributed by atoms with van der Waals surface area (Å²) < 4.78 is 5.78. The molecule has 0 spiro atoms. The first-order valence-electron chi connectivity index (χ1n) is 14.8. The van der Waals surface area contributed by atoms with Gasteiger partial charge in [-0.05, 0) is 70.3 Å².